The van der Waals surface area contributed by atoms with Gasteiger partial charge in [-0.05, 0) is 38.5 Å². The Bertz CT molecular complexity index is 380. The second-order valence-corrected chi connectivity index (χ2v) is 4.50. The molecule has 1 aromatic carbocycles. The highest BCUT2D eigenvalue weighted by Crippen LogP contribution is 2.25. The largest absolute Gasteiger partial charge is 0.397 e. The van der Waals surface area contributed by atoms with E-state index in [2.05, 4.69) is 0 Å². The lowest BCUT2D eigenvalue weighted by atomic mass is 10.1. The number of ether oxygens (including phenoxy) is 1. The van der Waals surface area contributed by atoms with Crippen molar-refractivity contribution in [3.8, 4) is 0 Å². The van der Waals surface area contributed by atoms with Gasteiger partial charge < -0.3 is 15.4 Å². The molecule has 96 valence electrons. The topological polar surface area (TPSA) is 38.5 Å². The minimum atomic E-state index is -0.266. The fourth-order valence-electron chi connectivity index (χ4n) is 1.56. The lowest BCUT2D eigenvalue weighted by Gasteiger charge is -2.22. The van der Waals surface area contributed by atoms with Crippen LogP contribution >= 0.6 is 0 Å². The molecule has 0 saturated carbocycles. The lowest BCUT2D eigenvalue weighted by molar-refractivity contribution is 0.0846. The van der Waals surface area contributed by atoms with Crippen LogP contribution in [-0.4, -0.2) is 26.3 Å². The molecule has 0 aliphatic rings. The third-order valence-corrected chi connectivity index (χ3v) is 2.60. The van der Waals surface area contributed by atoms with Crippen molar-refractivity contribution in [1.82, 2.24) is 0 Å². The zero-order chi connectivity index (χ0) is 13.0. The maximum absolute atomic E-state index is 13.3. The molecular weight excluding hydrogens is 219 g/mol. The summed E-state index contributed by atoms with van der Waals surface area (Å²) in [7, 11) is 1.92. The summed E-state index contributed by atoms with van der Waals surface area (Å²) in [6.07, 6.45) is 0.218. The van der Waals surface area contributed by atoms with E-state index < -0.39 is 0 Å². The number of nitrogens with two attached hydrogens (primary N) is 1. The Balaban J connectivity index is 2.68. The van der Waals surface area contributed by atoms with Gasteiger partial charge in [-0.25, -0.2) is 4.39 Å². The van der Waals surface area contributed by atoms with Gasteiger partial charge in [-0.1, -0.05) is 0 Å². The fraction of sp³-hybridized carbons (Fsp3) is 0.538. The van der Waals surface area contributed by atoms with E-state index in [0.717, 1.165) is 12.2 Å². The van der Waals surface area contributed by atoms with Crippen molar-refractivity contribution in [2.75, 3.05) is 30.8 Å². The van der Waals surface area contributed by atoms with E-state index in [1.54, 1.807) is 13.0 Å². The van der Waals surface area contributed by atoms with Crippen molar-refractivity contribution in [3.05, 3.63) is 23.5 Å². The van der Waals surface area contributed by atoms with Gasteiger partial charge in [0, 0.05) is 13.6 Å². The van der Waals surface area contributed by atoms with E-state index in [-0.39, 0.29) is 11.9 Å². The highest BCUT2D eigenvalue weighted by molar-refractivity contribution is 5.68. The summed E-state index contributed by atoms with van der Waals surface area (Å²) in [5.74, 6) is -0.266. The number of nitrogens with zero attached hydrogens (tertiary/aromatic N) is 1. The molecule has 0 spiro atoms. The first-order chi connectivity index (χ1) is 7.91. The van der Waals surface area contributed by atoms with Crippen LogP contribution in [0, 0.1) is 12.7 Å². The number of hydrogen-bond acceptors (Lipinski definition) is 3. The zero-order valence-electron chi connectivity index (χ0n) is 11.0. The van der Waals surface area contributed by atoms with Crippen molar-refractivity contribution < 1.29 is 9.13 Å². The Kier molecular flexibility index (Phi) is 4.75. The van der Waals surface area contributed by atoms with Crippen LogP contribution in [-0.2, 0) is 4.74 Å². The first-order valence-electron chi connectivity index (χ1n) is 5.80. The summed E-state index contributed by atoms with van der Waals surface area (Å²) in [5.41, 5.74) is 7.71. The molecule has 0 unspecified atom stereocenters. The number of hydrogen-bond donors (Lipinski definition) is 1. The van der Waals surface area contributed by atoms with Crippen LogP contribution in [0.4, 0.5) is 15.8 Å². The van der Waals surface area contributed by atoms with Crippen LogP contribution in [0.25, 0.3) is 0 Å². The zero-order valence-corrected chi connectivity index (χ0v) is 11.0. The first-order valence-corrected chi connectivity index (χ1v) is 5.80. The van der Waals surface area contributed by atoms with Crippen molar-refractivity contribution in [2.45, 2.75) is 26.9 Å². The normalized spacial score (nSPS) is 10.9. The van der Waals surface area contributed by atoms with Crippen molar-refractivity contribution >= 4 is 11.4 Å². The van der Waals surface area contributed by atoms with Crippen LogP contribution in [0.5, 0.6) is 0 Å². The molecular formula is C13H21FN2O. The molecule has 0 aromatic heterocycles. The van der Waals surface area contributed by atoms with Crippen molar-refractivity contribution in [1.29, 1.82) is 0 Å². The smallest absolute Gasteiger partial charge is 0.128 e. The van der Waals surface area contributed by atoms with Crippen molar-refractivity contribution in [3.63, 3.8) is 0 Å². The van der Waals surface area contributed by atoms with Gasteiger partial charge in [-0.3, -0.25) is 0 Å². The molecule has 0 aliphatic heterocycles. The fourth-order valence-corrected chi connectivity index (χ4v) is 1.56. The summed E-state index contributed by atoms with van der Waals surface area (Å²) in [6, 6.07) is 3.13. The minimum Gasteiger partial charge on any atom is -0.397 e. The number of rotatable bonds is 5. The average molecular weight is 240 g/mol. The number of nitrogen functional groups attached to an aromatic ring is 1. The SMILES string of the molecule is Cc1cc(N(C)CCOC(C)C)c(N)cc1F. The molecule has 0 radical (unpaired) electrons. The average Bonchev–Trinajstić information content (AvgIpc) is 2.22. The van der Waals surface area contributed by atoms with Gasteiger partial charge in [0.2, 0.25) is 0 Å². The van der Waals surface area contributed by atoms with E-state index in [1.807, 2.05) is 25.8 Å². The van der Waals surface area contributed by atoms with Gasteiger partial charge >= 0.3 is 0 Å². The Morgan fingerprint density at radius 1 is 1.41 bits per heavy atom. The quantitative estimate of drug-likeness (QED) is 0.804. The molecule has 0 saturated heterocycles. The molecule has 0 heterocycles. The van der Waals surface area contributed by atoms with E-state index in [0.29, 0.717) is 17.9 Å². The molecule has 3 nitrogen and oxygen atoms in total. The highest BCUT2D eigenvalue weighted by Gasteiger charge is 2.09. The standard InChI is InChI=1S/C13H21FN2O/c1-9(2)17-6-5-16(4)13-7-10(3)11(14)8-12(13)15/h7-9H,5-6,15H2,1-4H3. The third-order valence-electron chi connectivity index (χ3n) is 2.60. The molecule has 2 N–H and O–H groups in total. The van der Waals surface area contributed by atoms with Gasteiger partial charge in [-0.15, -0.1) is 0 Å². The minimum absolute atomic E-state index is 0.218. The summed E-state index contributed by atoms with van der Waals surface area (Å²) in [4.78, 5) is 1.98. The van der Waals surface area contributed by atoms with Crippen LogP contribution in [0.15, 0.2) is 12.1 Å². The molecule has 1 aromatic rings. The Morgan fingerprint density at radius 3 is 2.65 bits per heavy atom. The van der Waals surface area contributed by atoms with Gasteiger partial charge in [-0.2, -0.15) is 0 Å². The number of anilines is 2. The molecule has 0 bridgehead atoms. The first kappa shape index (κ1) is 13.8. The van der Waals surface area contributed by atoms with E-state index in [4.69, 9.17) is 10.5 Å². The van der Waals surface area contributed by atoms with Crippen LogP contribution in [0.3, 0.4) is 0 Å². The molecule has 1 rings (SSSR count). The van der Waals surface area contributed by atoms with E-state index in [9.17, 15) is 4.39 Å². The van der Waals surface area contributed by atoms with E-state index >= 15 is 0 Å². The van der Waals surface area contributed by atoms with Gasteiger partial charge in [0.05, 0.1) is 24.1 Å². The van der Waals surface area contributed by atoms with E-state index in [1.165, 1.54) is 6.07 Å². The van der Waals surface area contributed by atoms with Crippen LogP contribution in [0.1, 0.15) is 19.4 Å². The Hall–Kier alpha value is -1.29. The van der Waals surface area contributed by atoms with Gasteiger partial charge in [0.1, 0.15) is 5.82 Å². The highest BCUT2D eigenvalue weighted by atomic mass is 19.1. The molecule has 0 atom stereocenters. The molecule has 4 heteroatoms. The third kappa shape index (κ3) is 3.89. The molecule has 17 heavy (non-hydrogen) atoms. The monoisotopic (exact) mass is 240 g/mol. The number of aryl methyl sites for hydroxylation is 1. The maximum Gasteiger partial charge on any atom is 0.128 e. The summed E-state index contributed by atoms with van der Waals surface area (Å²) >= 11 is 0. The summed E-state index contributed by atoms with van der Waals surface area (Å²) < 4.78 is 18.7. The predicted octanol–water partition coefficient (Wildman–Crippen LogP) is 2.58. The summed E-state index contributed by atoms with van der Waals surface area (Å²) in [5, 5.41) is 0. The second-order valence-electron chi connectivity index (χ2n) is 4.50. The van der Waals surface area contributed by atoms with Gasteiger partial charge in [0.25, 0.3) is 0 Å². The predicted molar refractivity (Wildman–Crippen MR) is 69.9 cm³/mol. The maximum atomic E-state index is 13.3. The van der Waals surface area contributed by atoms with Gasteiger partial charge in [0.15, 0.2) is 0 Å². The van der Waals surface area contributed by atoms with Crippen molar-refractivity contribution in [2.24, 2.45) is 0 Å². The number of likely N-dealkylation sites (N-methyl/N-ethyl adjacent to an activating group) is 1. The summed E-state index contributed by atoms with van der Waals surface area (Å²) in [6.45, 7) is 7.08. The lowest BCUT2D eigenvalue weighted by Crippen LogP contribution is -2.24. The molecule has 0 fully saturated rings. The Morgan fingerprint density at radius 2 is 2.06 bits per heavy atom. The molecule has 0 amide bonds. The Labute approximate surface area is 102 Å². The second kappa shape index (κ2) is 5.87. The van der Waals surface area contributed by atoms with Crippen LogP contribution < -0.4 is 10.6 Å². The number of halogens is 1. The number of benzene rings is 1. The molecule has 0 aliphatic carbocycles. The van der Waals surface area contributed by atoms with Crippen LogP contribution in [0.2, 0.25) is 0 Å².